The van der Waals surface area contributed by atoms with Gasteiger partial charge in [-0.05, 0) is 48.3 Å². The fourth-order valence-corrected chi connectivity index (χ4v) is 11.0. The number of nitrogens with two attached hydrogens (primary N) is 4. The number of ether oxygens (including phenoxy) is 5. The Morgan fingerprint density at radius 2 is 1.55 bits per heavy atom. The molecule has 5 aromatic rings. The van der Waals surface area contributed by atoms with Crippen molar-refractivity contribution < 1.29 is 79.6 Å². The number of nitrogens with zero attached hydrogens (tertiary/aromatic N) is 10. The molecule has 1 aromatic carbocycles. The quantitative estimate of drug-likeness (QED) is 0.0122. The first kappa shape index (κ1) is 61.5. The van der Waals surface area contributed by atoms with Crippen LogP contribution in [0.2, 0.25) is 0 Å². The fraction of sp³-hybridized carbons (Fsp3) is 0.523. The predicted molar refractivity (Wildman–Crippen MR) is 287 cm³/mol. The SMILES string of the molecule is CC(C)[C@H](NCCN=NN)C(=O)N[C@@H](CCCNC(N)=O)C(=O)Nc1ccc(COC(=O)NCCOC(=O)O[C@@H]2[C@@H]3O[P+](=O)OC[C@H]4O[C@@H](n5cnc6c(N)ncnc65)[C@H](F)[C@@H]4OP(O)(=S)OCC3O[C@H]2n2cnc3c(N)ncnc32)cc1. The number of carbonyl (C=O) groups excluding carboxylic acids is 5. The second-order valence-electron chi connectivity index (χ2n) is 18.7. The third-order valence-corrected chi connectivity index (χ3v) is 15.0. The van der Waals surface area contributed by atoms with Gasteiger partial charge in [-0.15, -0.1) is 9.05 Å². The molecule has 3 unspecified atom stereocenters. The lowest BCUT2D eigenvalue weighted by atomic mass is 10.0. The zero-order valence-corrected chi connectivity index (χ0v) is 46.7. The van der Waals surface area contributed by atoms with E-state index in [1.807, 2.05) is 13.8 Å². The van der Waals surface area contributed by atoms with Gasteiger partial charge in [0.15, 0.2) is 53.8 Å². The summed E-state index contributed by atoms with van der Waals surface area (Å²) >= 11 is 5.32. The first-order chi connectivity index (χ1) is 39.8. The fourth-order valence-electron chi connectivity index (χ4n) is 8.78. The number of primary amides is 1. The molecule has 4 aromatic heterocycles. The lowest BCUT2D eigenvalue weighted by Crippen LogP contribution is -2.53. The van der Waals surface area contributed by atoms with Gasteiger partial charge in [-0.1, -0.05) is 31.2 Å². The average Bonchev–Trinajstić information content (AvgIpc) is 2.80. The summed E-state index contributed by atoms with van der Waals surface area (Å²) in [4.78, 5) is 100. The maximum atomic E-state index is 16.4. The standard InChI is InChI=1S/C44H58FN19O16P2S/c1-21(2)28(50-10-11-59-62-49)39(66)61-24(4-3-9-51-42(48)67)38(65)60-23-7-5-22(6-8-23)14-73-43(68)52-12-13-72-44(69)78-33-32-26(77-41(33)64-20-58-30-35(47)54-18-56-37(30)64)16-75-82(71,83)80-31-25(15-74-81(70)79-32)76-40(27(31)45)63-19-57-29-34(46)53-17-55-36(29)63/h5-8,17-21,24-28,31-33,40-41,50H,3-4,9-16H2,1-2H3,(H12-,46,47,48,49,51,52,53,54,55,56,59,60,61,65,66,67,68,71,83)/p+1/t24-,25+,26?,27+,28-,31+,32+,33+,40+,41+,82?/m0/s1. The summed E-state index contributed by atoms with van der Waals surface area (Å²) < 4.78 is 83.9. The lowest BCUT2D eigenvalue weighted by molar-refractivity contribution is -0.128. The van der Waals surface area contributed by atoms with E-state index in [2.05, 4.69) is 66.8 Å². The van der Waals surface area contributed by atoms with Gasteiger partial charge in [0.05, 0.1) is 38.4 Å². The van der Waals surface area contributed by atoms with Crippen molar-refractivity contribution in [2.24, 2.45) is 27.8 Å². The monoisotopic (exact) mass is 1220 g/mol. The highest BCUT2D eigenvalue weighted by atomic mass is 32.5. The number of aromatic nitrogens is 8. The molecule has 0 spiro atoms. The van der Waals surface area contributed by atoms with E-state index < -0.39 is 126 Å². The molecular weight excluding hydrogens is 1160 g/mol. The van der Waals surface area contributed by atoms with Crippen LogP contribution in [-0.4, -0.2) is 169 Å². The predicted octanol–water partition coefficient (Wildman–Crippen LogP) is 0.915. The van der Waals surface area contributed by atoms with Crippen LogP contribution in [0.1, 0.15) is 44.7 Å². The van der Waals surface area contributed by atoms with Crippen LogP contribution in [0.3, 0.4) is 0 Å². The first-order valence-electron chi connectivity index (χ1n) is 25.3. The van der Waals surface area contributed by atoms with E-state index in [0.717, 1.165) is 12.7 Å². The second kappa shape index (κ2) is 28.1. The first-order valence-corrected chi connectivity index (χ1v) is 29.0. The number of imidazole rings is 2. The molecule has 8 rings (SSSR count). The Morgan fingerprint density at radius 3 is 2.22 bits per heavy atom. The van der Waals surface area contributed by atoms with E-state index in [1.165, 1.54) is 21.8 Å². The number of benzene rings is 1. The molecule has 0 bridgehead atoms. The summed E-state index contributed by atoms with van der Waals surface area (Å²) in [5, 5.41) is 20.4. The molecular formula is C44H59FN19O16P2S+. The van der Waals surface area contributed by atoms with Gasteiger partial charge in [0.25, 0.3) is 0 Å². The Hall–Kier alpha value is -7.57. The van der Waals surface area contributed by atoms with Gasteiger partial charge in [-0.3, -0.25) is 23.2 Å². The molecule has 3 saturated heterocycles. The molecule has 7 heterocycles. The van der Waals surface area contributed by atoms with E-state index in [4.69, 9.17) is 76.6 Å². The number of alkyl carbamates (subject to hydrolysis) is 1. The van der Waals surface area contributed by atoms with Crippen LogP contribution >= 0.6 is 15.0 Å². The van der Waals surface area contributed by atoms with Crippen molar-refractivity contribution in [2.75, 3.05) is 62.8 Å². The Morgan fingerprint density at radius 1 is 0.892 bits per heavy atom. The van der Waals surface area contributed by atoms with Crippen molar-refractivity contribution in [3.8, 4) is 0 Å². The minimum Gasteiger partial charge on any atom is -0.445 e. The van der Waals surface area contributed by atoms with Crippen LogP contribution in [0.25, 0.3) is 22.3 Å². The minimum absolute atomic E-state index is 0.0112. The summed E-state index contributed by atoms with van der Waals surface area (Å²) in [6, 6.07) is 3.87. The number of hydrogen-bond acceptors (Lipinski definition) is 27. The molecule has 14 N–H and O–H groups in total. The number of nitrogen functional groups attached to an aromatic ring is 2. The van der Waals surface area contributed by atoms with Crippen molar-refractivity contribution in [1.82, 2.24) is 60.3 Å². The highest BCUT2D eigenvalue weighted by molar-refractivity contribution is 8.07. The maximum Gasteiger partial charge on any atom is 0.698 e. The third-order valence-electron chi connectivity index (χ3n) is 12.7. The van der Waals surface area contributed by atoms with E-state index in [-0.39, 0.29) is 72.5 Å². The van der Waals surface area contributed by atoms with Crippen LogP contribution in [0.15, 0.2) is 59.9 Å². The van der Waals surface area contributed by atoms with Gasteiger partial charge >= 0.3 is 33.3 Å². The molecule has 448 valence electrons. The Kier molecular flexibility index (Phi) is 20.8. The van der Waals surface area contributed by atoms with Crippen LogP contribution in [-0.2, 0) is 74.3 Å². The summed E-state index contributed by atoms with van der Waals surface area (Å²) in [6.07, 6.45) is -9.60. The molecule has 3 aliphatic heterocycles. The molecule has 5 amide bonds. The maximum absolute atomic E-state index is 16.4. The zero-order valence-electron chi connectivity index (χ0n) is 44.1. The van der Waals surface area contributed by atoms with E-state index in [9.17, 15) is 33.4 Å². The van der Waals surface area contributed by atoms with E-state index in [0.29, 0.717) is 24.2 Å². The number of fused-ring (bicyclic) bond motifs is 4. The molecule has 3 aliphatic rings. The second-order valence-corrected chi connectivity index (χ2v) is 22.4. The Balaban J connectivity index is 0.857. The summed E-state index contributed by atoms with van der Waals surface area (Å²) in [6.45, 7) is -2.37. The van der Waals surface area contributed by atoms with Gasteiger partial charge in [0, 0.05) is 23.3 Å². The van der Waals surface area contributed by atoms with Gasteiger partial charge in [-0.2, -0.15) is 5.11 Å². The minimum atomic E-state index is -4.42. The number of alkyl halides is 1. The molecule has 83 heavy (non-hydrogen) atoms. The average molecular weight is 1220 g/mol. The number of hydrogen-bond donors (Lipinski definition) is 10. The summed E-state index contributed by atoms with van der Waals surface area (Å²) in [7, 11) is -3.19. The molecule has 0 aliphatic carbocycles. The van der Waals surface area contributed by atoms with Crippen molar-refractivity contribution >= 4 is 96.5 Å². The highest BCUT2D eigenvalue weighted by Gasteiger charge is 2.57. The molecule has 35 nitrogen and oxygen atoms in total. The van der Waals surface area contributed by atoms with E-state index >= 15 is 4.39 Å². The van der Waals surface area contributed by atoms with Crippen molar-refractivity contribution in [3.05, 3.63) is 55.1 Å². The topological polar surface area (TPSA) is 482 Å². The zero-order chi connectivity index (χ0) is 59.4. The van der Waals surface area contributed by atoms with Crippen molar-refractivity contribution in [3.63, 3.8) is 0 Å². The number of nitrogens with one attached hydrogen (secondary N) is 5. The van der Waals surface area contributed by atoms with Crippen LogP contribution in [0.5, 0.6) is 0 Å². The number of rotatable bonds is 21. The smallest absolute Gasteiger partial charge is 0.445 e. The Bertz CT molecular complexity index is 3210. The number of halogens is 1. The van der Waals surface area contributed by atoms with E-state index in [1.54, 1.807) is 24.3 Å². The number of carbonyl (C=O) groups is 5. The number of amides is 5. The largest absolute Gasteiger partial charge is 0.698 e. The highest BCUT2D eigenvalue weighted by Crippen LogP contribution is 2.52. The molecule has 39 heteroatoms. The molecule has 0 saturated carbocycles. The summed E-state index contributed by atoms with van der Waals surface area (Å²) in [5.74, 6) is 3.94. The molecule has 3 fully saturated rings. The summed E-state index contributed by atoms with van der Waals surface area (Å²) in [5.41, 5.74) is 18.5. The van der Waals surface area contributed by atoms with Gasteiger partial charge < -0.3 is 82.7 Å². The van der Waals surface area contributed by atoms with Crippen molar-refractivity contribution in [1.29, 1.82) is 0 Å². The molecule has 12 atom stereocenters. The van der Waals surface area contributed by atoms with Gasteiger partial charge in [0.1, 0.15) is 67.9 Å². The van der Waals surface area contributed by atoms with Crippen molar-refractivity contribution in [2.45, 2.75) is 94.5 Å². The lowest BCUT2D eigenvalue weighted by Gasteiger charge is -2.25. The third kappa shape index (κ3) is 15.8. The number of anilines is 3. The van der Waals surface area contributed by atoms with Crippen LogP contribution in [0.4, 0.5) is 36.1 Å². The van der Waals surface area contributed by atoms with Crippen LogP contribution in [0, 0.1) is 5.92 Å². The molecule has 0 radical (unpaired) electrons. The van der Waals surface area contributed by atoms with Gasteiger partial charge in [0.2, 0.25) is 11.8 Å². The normalized spacial score (nSPS) is 24.9. The van der Waals surface area contributed by atoms with Crippen LogP contribution < -0.4 is 49.6 Å². The van der Waals surface area contributed by atoms with Gasteiger partial charge in [-0.25, -0.2) is 48.7 Å². The Labute approximate surface area is 475 Å². The number of urea groups is 1.